The lowest BCUT2D eigenvalue weighted by molar-refractivity contribution is -0.355. The molecule has 0 aromatic carbocycles. The van der Waals surface area contributed by atoms with E-state index in [0.29, 0.717) is 25.2 Å². The molecule has 20 nitrogen and oxygen atoms in total. The molecule has 69 heavy (non-hydrogen) atoms. The number of esters is 2. The highest BCUT2D eigenvalue weighted by molar-refractivity contribution is 5.85. The van der Waals surface area contributed by atoms with E-state index in [0.717, 1.165) is 37.7 Å². The summed E-state index contributed by atoms with van der Waals surface area (Å²) in [6.07, 6.45) is -11.1. The summed E-state index contributed by atoms with van der Waals surface area (Å²) >= 11 is 0. The zero-order chi connectivity index (χ0) is 49.5. The molecule has 392 valence electrons. The number of fused-ring (bicyclic) bond motifs is 5. The minimum absolute atomic E-state index is 0.00421. The monoisotopic (exact) mass is 984 g/mol. The van der Waals surface area contributed by atoms with Gasteiger partial charge >= 0.3 is 11.9 Å². The van der Waals surface area contributed by atoms with Gasteiger partial charge in [-0.05, 0) is 107 Å². The Morgan fingerprint density at radius 2 is 1.33 bits per heavy atom. The van der Waals surface area contributed by atoms with Gasteiger partial charge in [0.2, 0.25) is 0 Å². The van der Waals surface area contributed by atoms with Crippen molar-refractivity contribution in [1.29, 1.82) is 0 Å². The number of hydrogen-bond donors (Lipinski definition) is 8. The first-order valence-corrected chi connectivity index (χ1v) is 25.3. The van der Waals surface area contributed by atoms with Crippen LogP contribution in [0.4, 0.5) is 0 Å². The highest BCUT2D eigenvalue weighted by atomic mass is 16.8. The van der Waals surface area contributed by atoms with E-state index in [4.69, 9.17) is 47.4 Å². The van der Waals surface area contributed by atoms with Gasteiger partial charge in [-0.3, -0.25) is 4.79 Å². The van der Waals surface area contributed by atoms with Crippen molar-refractivity contribution < 1.29 is 97.8 Å². The quantitative estimate of drug-likeness (QED) is 0.104. The summed E-state index contributed by atoms with van der Waals surface area (Å²) in [7, 11) is 0. The molecule has 0 unspecified atom stereocenters. The van der Waals surface area contributed by atoms with E-state index in [2.05, 4.69) is 6.92 Å². The first kappa shape index (κ1) is 51.9. The smallest absolute Gasteiger partial charge is 0.331 e. The number of aliphatic hydroxyl groups is 8. The highest BCUT2D eigenvalue weighted by Crippen LogP contribution is 2.70. The summed E-state index contributed by atoms with van der Waals surface area (Å²) in [4.78, 5) is 24.2. The second kappa shape index (κ2) is 20.0. The van der Waals surface area contributed by atoms with E-state index < -0.39 is 134 Å². The summed E-state index contributed by atoms with van der Waals surface area (Å²) in [6.45, 7) is 10.3. The Kier molecular flexibility index (Phi) is 15.1. The molecule has 9 rings (SSSR count). The summed E-state index contributed by atoms with van der Waals surface area (Å²) < 4.78 is 60.1. The largest absolute Gasteiger partial charge is 0.459 e. The molecule has 0 radical (unpaired) electrons. The maximum absolute atomic E-state index is 12.6. The Bertz CT molecular complexity index is 1850. The van der Waals surface area contributed by atoms with Crippen LogP contribution in [0.15, 0.2) is 11.6 Å². The van der Waals surface area contributed by atoms with Crippen LogP contribution >= 0.6 is 0 Å². The van der Waals surface area contributed by atoms with Crippen LogP contribution in [-0.2, 0) is 57.0 Å². The normalized spacial score (nSPS) is 53.3. The lowest BCUT2D eigenvalue weighted by atomic mass is 9.42. The maximum Gasteiger partial charge on any atom is 0.331 e. The third kappa shape index (κ3) is 9.48. The van der Waals surface area contributed by atoms with E-state index in [1.54, 1.807) is 26.8 Å². The number of aliphatic hydroxyl groups excluding tert-OH is 7. The van der Waals surface area contributed by atoms with E-state index in [9.17, 15) is 50.4 Å². The Balaban J connectivity index is 0.752. The molecule has 0 amide bonds. The Morgan fingerprint density at radius 3 is 1.93 bits per heavy atom. The minimum atomic E-state index is -1.69. The van der Waals surface area contributed by atoms with E-state index >= 15 is 0 Å². The molecule has 0 aromatic heterocycles. The first-order chi connectivity index (χ1) is 32.6. The van der Waals surface area contributed by atoms with Gasteiger partial charge < -0.3 is 88.2 Å². The van der Waals surface area contributed by atoms with Crippen LogP contribution < -0.4 is 0 Å². The van der Waals surface area contributed by atoms with Crippen molar-refractivity contribution in [3.8, 4) is 0 Å². The van der Waals surface area contributed by atoms with Crippen molar-refractivity contribution in [2.45, 2.75) is 234 Å². The predicted molar refractivity (Wildman–Crippen MR) is 235 cm³/mol. The van der Waals surface area contributed by atoms with Crippen LogP contribution in [0, 0.1) is 34.5 Å². The van der Waals surface area contributed by atoms with Crippen LogP contribution in [-0.4, -0.2) is 188 Å². The van der Waals surface area contributed by atoms with Crippen molar-refractivity contribution in [2.75, 3.05) is 13.2 Å². The van der Waals surface area contributed by atoms with Gasteiger partial charge in [0, 0.05) is 37.7 Å². The number of carbonyl (C=O) groups excluding carboxylic acids is 2. The number of hydrogen-bond acceptors (Lipinski definition) is 20. The molecule has 5 heterocycles. The average Bonchev–Trinajstić information content (AvgIpc) is 3.84. The number of rotatable bonds is 11. The molecule has 5 aliphatic heterocycles. The van der Waals surface area contributed by atoms with Crippen LogP contribution in [0.5, 0.6) is 0 Å². The van der Waals surface area contributed by atoms with Gasteiger partial charge in [-0.15, -0.1) is 0 Å². The zero-order valence-electron chi connectivity index (χ0n) is 40.5. The fourth-order valence-corrected chi connectivity index (χ4v) is 14.6. The third-order valence-corrected chi connectivity index (χ3v) is 18.4. The van der Waals surface area contributed by atoms with Gasteiger partial charge in [-0.1, -0.05) is 13.8 Å². The number of cyclic esters (lactones) is 1. The van der Waals surface area contributed by atoms with E-state index in [1.165, 1.54) is 6.92 Å². The molecule has 9 aliphatic rings. The summed E-state index contributed by atoms with van der Waals surface area (Å²) in [5.74, 6) is -0.580. The fraction of sp³-hybridized carbons (Fsp3) is 0.918. The Morgan fingerprint density at radius 1 is 0.710 bits per heavy atom. The number of ether oxygens (including phenoxy) is 10. The second-order valence-corrected chi connectivity index (χ2v) is 22.2. The van der Waals surface area contributed by atoms with Crippen LogP contribution in [0.1, 0.15) is 112 Å². The number of carbonyl (C=O) groups is 2. The summed E-state index contributed by atoms with van der Waals surface area (Å²) in [5, 5.41) is 88.1. The van der Waals surface area contributed by atoms with Crippen LogP contribution in [0.3, 0.4) is 0 Å². The topological polar surface area (TPSA) is 288 Å². The molecule has 4 saturated carbocycles. The lowest BCUT2D eigenvalue weighted by Crippen LogP contribution is -2.67. The summed E-state index contributed by atoms with van der Waals surface area (Å²) in [5.41, 5.74) is -1.01. The van der Waals surface area contributed by atoms with Gasteiger partial charge in [-0.2, -0.15) is 0 Å². The van der Waals surface area contributed by atoms with Crippen LogP contribution in [0.2, 0.25) is 0 Å². The molecular formula is C49H76O20. The Hall–Kier alpha value is -1.96. The molecule has 4 aliphatic carbocycles. The van der Waals surface area contributed by atoms with Gasteiger partial charge in [0.25, 0.3) is 0 Å². The first-order valence-electron chi connectivity index (χ1n) is 25.3. The molecule has 4 saturated heterocycles. The van der Waals surface area contributed by atoms with Crippen molar-refractivity contribution in [1.82, 2.24) is 0 Å². The standard InChI is InChI=1S/C49H76O20/c1-21-43(67-38-17-32(53)44(22(2)62-38)68-39-18-33(64-24(4)51)45(23(3)63-39)69-46-42(58)41(57)40(56)34(19-50)66-46)31(52)16-37(61-21)65-27-9-11-47(5)26(14-27)7-8-29-30(47)15-35(54)48(6)28(10-12-49(29,48)59)25-13-36(55)60-20-25/h13,21-23,26-35,37-46,50,52-54,56-59H,7-12,14-20H2,1-6H3/t21-,22-,23-,26-,27-,28+,29-,30+,31-,32-,33-,34+,35+,37-,38-,39+,40+,41-,42+,43+,44+,45-,46-,47+,48-,49+/m1/s1. The van der Waals surface area contributed by atoms with E-state index in [-0.39, 0.29) is 61.1 Å². The molecule has 0 aromatic rings. The highest BCUT2D eigenvalue weighted by Gasteiger charge is 2.71. The SMILES string of the molecule is CC(=O)O[C@@H]1C[C@H](O[C@@H]2[C@H](O)C[C@@H](O[C@@H]3[C@H](O)C[C@@H](O[C@@H]4CC[C@@]5(C)[C@H](CC[C@@H]6[C@@H]5C[C@H](O)[C@@]5(C)[C@H](C7=CC(=O)OC7)CC[C@]65O)C4)O[C@@H]3C)O[C@@H]2C)O[C@H](C)[C@H]1O[C@H]1O[C@@H](CO)[C@H](O)[C@@H](O)[C@@H]1O. The van der Waals surface area contributed by atoms with Crippen molar-refractivity contribution >= 4 is 11.9 Å². The zero-order valence-corrected chi connectivity index (χ0v) is 40.5. The minimum Gasteiger partial charge on any atom is -0.459 e. The van der Waals surface area contributed by atoms with Gasteiger partial charge in [0.15, 0.2) is 25.2 Å². The lowest BCUT2D eigenvalue weighted by Gasteiger charge is -2.65. The average molecular weight is 985 g/mol. The molecule has 8 N–H and O–H groups in total. The molecule has 0 bridgehead atoms. The molecule has 0 spiro atoms. The Labute approximate surface area is 402 Å². The molecule has 8 fully saturated rings. The maximum atomic E-state index is 12.6. The van der Waals surface area contributed by atoms with Crippen LogP contribution in [0.25, 0.3) is 0 Å². The molecular weight excluding hydrogens is 909 g/mol. The fourth-order valence-electron chi connectivity index (χ4n) is 14.6. The third-order valence-electron chi connectivity index (χ3n) is 18.4. The van der Waals surface area contributed by atoms with E-state index in [1.807, 2.05) is 6.92 Å². The van der Waals surface area contributed by atoms with Crippen molar-refractivity contribution in [2.24, 2.45) is 34.5 Å². The van der Waals surface area contributed by atoms with Gasteiger partial charge in [0.05, 0.1) is 54.9 Å². The van der Waals surface area contributed by atoms with Gasteiger partial charge in [-0.25, -0.2) is 4.79 Å². The van der Waals surface area contributed by atoms with Crippen molar-refractivity contribution in [3.05, 3.63) is 11.6 Å². The summed E-state index contributed by atoms with van der Waals surface area (Å²) in [6, 6.07) is 0. The van der Waals surface area contributed by atoms with Crippen molar-refractivity contribution in [3.63, 3.8) is 0 Å². The van der Waals surface area contributed by atoms with Gasteiger partial charge in [0.1, 0.15) is 55.4 Å². The second-order valence-electron chi connectivity index (χ2n) is 22.2. The predicted octanol–water partition coefficient (Wildman–Crippen LogP) is 0.613. The molecule has 20 heteroatoms. The molecule has 26 atom stereocenters.